The summed E-state index contributed by atoms with van der Waals surface area (Å²) in [5.41, 5.74) is 3.67. The zero-order valence-electron chi connectivity index (χ0n) is 14.3. The van der Waals surface area contributed by atoms with Gasteiger partial charge < -0.3 is 15.5 Å². The fourth-order valence-corrected chi connectivity index (χ4v) is 5.34. The number of nitrogens with zero attached hydrogens (tertiary/aromatic N) is 1. The highest BCUT2D eigenvalue weighted by atomic mass is 16.2. The highest BCUT2D eigenvalue weighted by molar-refractivity contribution is 5.98. The summed E-state index contributed by atoms with van der Waals surface area (Å²) >= 11 is 0. The van der Waals surface area contributed by atoms with Gasteiger partial charge in [-0.15, -0.1) is 0 Å². The number of rotatable bonds is 2. The summed E-state index contributed by atoms with van der Waals surface area (Å²) in [4.78, 5) is 14.9. The summed E-state index contributed by atoms with van der Waals surface area (Å²) in [7, 11) is 0. The summed E-state index contributed by atoms with van der Waals surface area (Å²) in [5, 5.41) is 7.17. The van der Waals surface area contributed by atoms with E-state index in [2.05, 4.69) is 33.7 Å². The number of benzene rings is 1. The van der Waals surface area contributed by atoms with Crippen molar-refractivity contribution in [3.8, 4) is 0 Å². The Labute approximate surface area is 144 Å². The van der Waals surface area contributed by atoms with Gasteiger partial charge in [-0.25, -0.2) is 0 Å². The first kappa shape index (κ1) is 14.9. The average molecular weight is 325 g/mol. The molecule has 0 spiro atoms. The molecule has 4 heterocycles. The Balaban J connectivity index is 1.37. The second-order valence-corrected chi connectivity index (χ2v) is 8.16. The van der Waals surface area contributed by atoms with Crippen LogP contribution < -0.4 is 10.6 Å². The quantitative estimate of drug-likeness (QED) is 0.877. The summed E-state index contributed by atoms with van der Waals surface area (Å²) < 4.78 is 0. The minimum Gasteiger partial charge on any atom is -0.330 e. The van der Waals surface area contributed by atoms with E-state index in [4.69, 9.17) is 0 Å². The standard InChI is InChI=1S/C20H27N3O/c24-20-19-6-3-13(14-9-16-4-5-17(10-14)22-16)8-15(19)12-23(20)18-2-1-7-21-11-18/h3,6,8,14,16-18,21-22H,1-2,4-5,7,9-12H2. The van der Waals surface area contributed by atoms with Gasteiger partial charge in [0, 0.05) is 36.8 Å². The molecule has 0 saturated carbocycles. The summed E-state index contributed by atoms with van der Waals surface area (Å²) in [5.74, 6) is 0.921. The maximum absolute atomic E-state index is 12.8. The molecule has 0 aliphatic carbocycles. The van der Waals surface area contributed by atoms with Crippen LogP contribution in [0.25, 0.3) is 0 Å². The maximum Gasteiger partial charge on any atom is 0.254 e. The molecule has 3 saturated heterocycles. The third-order valence-electron chi connectivity index (χ3n) is 6.62. The fourth-order valence-electron chi connectivity index (χ4n) is 5.34. The summed E-state index contributed by atoms with van der Waals surface area (Å²) in [6.45, 7) is 2.85. The number of nitrogens with one attached hydrogen (secondary N) is 2. The number of amides is 1. The minimum absolute atomic E-state index is 0.246. The smallest absolute Gasteiger partial charge is 0.254 e. The van der Waals surface area contributed by atoms with Gasteiger partial charge in [0.1, 0.15) is 0 Å². The van der Waals surface area contributed by atoms with Crippen molar-refractivity contribution in [2.45, 2.75) is 69.1 Å². The van der Waals surface area contributed by atoms with Crippen LogP contribution in [0.15, 0.2) is 18.2 Å². The van der Waals surface area contributed by atoms with Crippen LogP contribution in [0.5, 0.6) is 0 Å². The van der Waals surface area contributed by atoms with Crippen LogP contribution in [-0.2, 0) is 6.54 Å². The molecule has 0 aromatic heterocycles. The van der Waals surface area contributed by atoms with Gasteiger partial charge in [0.2, 0.25) is 0 Å². The van der Waals surface area contributed by atoms with Crippen molar-refractivity contribution in [1.82, 2.24) is 15.5 Å². The lowest BCUT2D eigenvalue weighted by Crippen LogP contribution is -2.46. The second-order valence-electron chi connectivity index (χ2n) is 8.16. The van der Waals surface area contributed by atoms with Crippen molar-refractivity contribution < 1.29 is 4.79 Å². The third-order valence-corrected chi connectivity index (χ3v) is 6.62. The van der Waals surface area contributed by atoms with Gasteiger partial charge in [-0.05, 0) is 68.2 Å². The number of carbonyl (C=O) groups excluding carboxylic acids is 1. The van der Waals surface area contributed by atoms with Gasteiger partial charge >= 0.3 is 0 Å². The van der Waals surface area contributed by atoms with E-state index >= 15 is 0 Å². The highest BCUT2D eigenvalue weighted by Gasteiger charge is 2.36. The Morgan fingerprint density at radius 3 is 2.67 bits per heavy atom. The van der Waals surface area contributed by atoms with E-state index in [0.717, 1.165) is 31.6 Å². The number of hydrogen-bond donors (Lipinski definition) is 2. The summed E-state index contributed by atoms with van der Waals surface area (Å²) in [6, 6.07) is 8.49. The molecule has 24 heavy (non-hydrogen) atoms. The Bertz CT molecular complexity index is 640. The van der Waals surface area contributed by atoms with Gasteiger partial charge in [-0.3, -0.25) is 4.79 Å². The molecule has 5 rings (SSSR count). The van der Waals surface area contributed by atoms with Crippen LogP contribution in [0.4, 0.5) is 0 Å². The molecule has 1 amide bonds. The lowest BCUT2D eigenvalue weighted by atomic mass is 9.85. The van der Waals surface area contributed by atoms with E-state index in [1.165, 1.54) is 43.2 Å². The molecular formula is C20H27N3O. The maximum atomic E-state index is 12.8. The van der Waals surface area contributed by atoms with Gasteiger partial charge in [0.15, 0.2) is 0 Å². The molecule has 1 aromatic rings. The number of hydrogen-bond acceptors (Lipinski definition) is 3. The van der Waals surface area contributed by atoms with E-state index in [1.807, 2.05) is 0 Å². The van der Waals surface area contributed by atoms with E-state index in [0.29, 0.717) is 24.0 Å². The Hall–Kier alpha value is -1.39. The predicted octanol–water partition coefficient (Wildman–Crippen LogP) is 2.39. The van der Waals surface area contributed by atoms with Gasteiger partial charge in [0.25, 0.3) is 5.91 Å². The normalized spacial score (nSPS) is 35.3. The minimum atomic E-state index is 0.246. The molecule has 4 aliphatic heterocycles. The van der Waals surface area contributed by atoms with Crippen molar-refractivity contribution in [3.05, 3.63) is 34.9 Å². The molecule has 4 aliphatic rings. The first-order valence-corrected chi connectivity index (χ1v) is 9.68. The van der Waals surface area contributed by atoms with Crippen LogP contribution in [0.2, 0.25) is 0 Å². The van der Waals surface area contributed by atoms with Crippen LogP contribution in [0.3, 0.4) is 0 Å². The van der Waals surface area contributed by atoms with E-state index in [-0.39, 0.29) is 5.91 Å². The van der Waals surface area contributed by atoms with Gasteiger partial charge in [0.05, 0.1) is 0 Å². The van der Waals surface area contributed by atoms with Crippen LogP contribution >= 0.6 is 0 Å². The number of fused-ring (bicyclic) bond motifs is 3. The Morgan fingerprint density at radius 2 is 1.92 bits per heavy atom. The Morgan fingerprint density at radius 1 is 1.08 bits per heavy atom. The van der Waals surface area contributed by atoms with Crippen molar-refractivity contribution in [3.63, 3.8) is 0 Å². The average Bonchev–Trinajstić information content (AvgIpc) is 3.14. The van der Waals surface area contributed by atoms with Crippen LogP contribution in [0.1, 0.15) is 65.9 Å². The summed E-state index contributed by atoms with van der Waals surface area (Å²) in [6.07, 6.45) is 7.52. The molecule has 3 fully saturated rings. The van der Waals surface area contributed by atoms with E-state index in [9.17, 15) is 4.79 Å². The Kier molecular flexibility index (Phi) is 3.64. The van der Waals surface area contributed by atoms with Crippen molar-refractivity contribution in [2.24, 2.45) is 0 Å². The number of piperidine rings is 2. The predicted molar refractivity (Wildman–Crippen MR) is 94.1 cm³/mol. The highest BCUT2D eigenvalue weighted by Crippen LogP contribution is 2.38. The van der Waals surface area contributed by atoms with E-state index in [1.54, 1.807) is 0 Å². The first-order chi connectivity index (χ1) is 11.8. The van der Waals surface area contributed by atoms with Crippen LogP contribution in [0, 0.1) is 0 Å². The fraction of sp³-hybridized carbons (Fsp3) is 0.650. The second kappa shape index (κ2) is 5.85. The molecule has 0 radical (unpaired) electrons. The van der Waals surface area contributed by atoms with Gasteiger partial charge in [-0.1, -0.05) is 12.1 Å². The number of carbonyl (C=O) groups is 1. The zero-order chi connectivity index (χ0) is 16.1. The lowest BCUT2D eigenvalue weighted by Gasteiger charge is -2.31. The first-order valence-electron chi connectivity index (χ1n) is 9.68. The molecule has 2 N–H and O–H groups in total. The molecule has 3 unspecified atom stereocenters. The molecule has 2 bridgehead atoms. The topological polar surface area (TPSA) is 44.4 Å². The van der Waals surface area contributed by atoms with E-state index < -0.39 is 0 Å². The lowest BCUT2D eigenvalue weighted by molar-refractivity contribution is 0.0674. The zero-order valence-corrected chi connectivity index (χ0v) is 14.3. The monoisotopic (exact) mass is 325 g/mol. The van der Waals surface area contributed by atoms with Gasteiger partial charge in [-0.2, -0.15) is 0 Å². The molecule has 3 atom stereocenters. The SMILES string of the molecule is O=C1c2ccc(C3CC4CCC(C3)N4)cc2CN1C1CCCNC1. The molecular weight excluding hydrogens is 298 g/mol. The molecule has 4 nitrogen and oxygen atoms in total. The van der Waals surface area contributed by atoms with Crippen molar-refractivity contribution in [2.75, 3.05) is 13.1 Å². The van der Waals surface area contributed by atoms with Crippen LogP contribution in [-0.4, -0.2) is 42.0 Å². The third kappa shape index (κ3) is 2.47. The largest absolute Gasteiger partial charge is 0.330 e. The molecule has 128 valence electrons. The van der Waals surface area contributed by atoms with Crippen molar-refractivity contribution in [1.29, 1.82) is 0 Å². The molecule has 1 aromatic carbocycles. The van der Waals surface area contributed by atoms with Crippen molar-refractivity contribution >= 4 is 5.91 Å². The molecule has 4 heteroatoms.